The van der Waals surface area contributed by atoms with Crippen LogP contribution in [0.25, 0.3) is 11.1 Å². The maximum atomic E-state index is 13.6. The second-order valence-corrected chi connectivity index (χ2v) is 8.75. The number of alkyl carbamates (subject to hydrolysis) is 1. The first-order valence-corrected chi connectivity index (χ1v) is 11.3. The van der Waals surface area contributed by atoms with Gasteiger partial charge in [0.05, 0.1) is 0 Å². The van der Waals surface area contributed by atoms with Crippen molar-refractivity contribution in [3.8, 4) is 11.1 Å². The van der Waals surface area contributed by atoms with Crippen molar-refractivity contribution in [1.29, 1.82) is 0 Å². The van der Waals surface area contributed by atoms with E-state index < -0.39 is 49.6 Å². The largest absolute Gasteiger partial charge is 0.480 e. The zero-order chi connectivity index (χ0) is 25.2. The van der Waals surface area contributed by atoms with Crippen LogP contribution in [0.5, 0.6) is 0 Å². The summed E-state index contributed by atoms with van der Waals surface area (Å²) in [6.07, 6.45) is -6.04. The number of aliphatic carboxylic acids is 1. The molecule has 0 aliphatic heterocycles. The molecule has 2 aliphatic rings. The molecule has 186 valence electrons. The van der Waals surface area contributed by atoms with Crippen LogP contribution < -0.4 is 5.32 Å². The number of halogens is 3. The number of fused-ring (bicyclic) bond motifs is 3. The molecule has 1 saturated carbocycles. The van der Waals surface area contributed by atoms with E-state index in [2.05, 4.69) is 0 Å². The van der Waals surface area contributed by atoms with Gasteiger partial charge in [-0.05, 0) is 41.5 Å². The molecule has 0 saturated heterocycles. The van der Waals surface area contributed by atoms with E-state index in [1.807, 2.05) is 53.8 Å². The van der Waals surface area contributed by atoms with Gasteiger partial charge in [-0.25, -0.2) is 4.79 Å². The number of carbonyl (C=O) groups excluding carboxylic acids is 2. The fourth-order valence-electron chi connectivity index (χ4n) is 4.46. The Labute approximate surface area is 199 Å². The average Bonchev–Trinajstić information content (AvgIpc) is 3.60. The van der Waals surface area contributed by atoms with Crippen molar-refractivity contribution in [2.24, 2.45) is 0 Å². The van der Waals surface area contributed by atoms with E-state index in [-0.39, 0.29) is 18.6 Å². The Morgan fingerprint density at radius 3 is 2.11 bits per heavy atom. The van der Waals surface area contributed by atoms with Gasteiger partial charge in [-0.3, -0.25) is 9.59 Å². The number of nitrogens with one attached hydrogen (secondary N) is 1. The van der Waals surface area contributed by atoms with Gasteiger partial charge in [0.1, 0.15) is 19.2 Å². The molecule has 0 bridgehead atoms. The smallest absolute Gasteiger partial charge is 0.408 e. The Balaban J connectivity index is 1.36. The van der Waals surface area contributed by atoms with Crippen molar-refractivity contribution in [2.75, 3.05) is 13.2 Å². The molecule has 1 fully saturated rings. The summed E-state index contributed by atoms with van der Waals surface area (Å²) in [5, 5.41) is 10.8. The molecular weight excluding hydrogens is 465 g/mol. The first kappa shape index (κ1) is 24.6. The molecule has 35 heavy (non-hydrogen) atoms. The molecule has 4 rings (SSSR count). The number of benzene rings is 2. The third-order valence-electron chi connectivity index (χ3n) is 6.29. The normalized spacial score (nSPS) is 15.6. The van der Waals surface area contributed by atoms with Gasteiger partial charge in [-0.2, -0.15) is 13.2 Å². The molecule has 0 aromatic heterocycles. The Morgan fingerprint density at radius 2 is 1.60 bits per heavy atom. The predicted molar refractivity (Wildman–Crippen MR) is 120 cm³/mol. The van der Waals surface area contributed by atoms with Crippen LogP contribution in [0.1, 0.15) is 42.7 Å². The van der Waals surface area contributed by atoms with Crippen LogP contribution in [-0.2, 0) is 14.3 Å². The van der Waals surface area contributed by atoms with Gasteiger partial charge in [-0.1, -0.05) is 48.5 Å². The lowest BCUT2D eigenvalue weighted by atomic mass is 9.98. The lowest BCUT2D eigenvalue weighted by Gasteiger charge is -2.24. The molecule has 0 heterocycles. The summed E-state index contributed by atoms with van der Waals surface area (Å²) < 4.78 is 45.9. The summed E-state index contributed by atoms with van der Waals surface area (Å²) in [7, 11) is 0. The van der Waals surface area contributed by atoms with Crippen molar-refractivity contribution in [2.45, 2.75) is 49.9 Å². The zero-order valence-electron chi connectivity index (χ0n) is 18.8. The Morgan fingerprint density at radius 1 is 1.03 bits per heavy atom. The van der Waals surface area contributed by atoms with E-state index in [1.165, 1.54) is 0 Å². The number of carboxylic acid groups (broad SMARTS) is 1. The Bertz CT molecular complexity index is 1070. The summed E-state index contributed by atoms with van der Waals surface area (Å²) >= 11 is 0. The van der Waals surface area contributed by atoms with E-state index in [9.17, 15) is 27.6 Å². The van der Waals surface area contributed by atoms with Crippen molar-refractivity contribution in [3.63, 3.8) is 0 Å². The van der Waals surface area contributed by atoms with Gasteiger partial charge in [-0.15, -0.1) is 0 Å². The molecule has 0 spiro atoms. The summed E-state index contributed by atoms with van der Waals surface area (Å²) in [6, 6.07) is 12.6. The van der Waals surface area contributed by atoms with E-state index in [0.717, 1.165) is 27.2 Å². The highest BCUT2D eigenvalue weighted by Crippen LogP contribution is 2.44. The summed E-state index contributed by atoms with van der Waals surface area (Å²) in [5.74, 6) is -2.21. The highest BCUT2D eigenvalue weighted by atomic mass is 19.4. The maximum Gasteiger partial charge on any atom is 0.408 e. The van der Waals surface area contributed by atoms with Crippen LogP contribution in [0.15, 0.2) is 48.5 Å². The van der Waals surface area contributed by atoms with Crippen LogP contribution in [0.2, 0.25) is 0 Å². The molecule has 2 N–H and O–H groups in total. The van der Waals surface area contributed by atoms with Crippen LogP contribution in [0.4, 0.5) is 18.0 Å². The lowest BCUT2D eigenvalue weighted by molar-refractivity contribution is -0.158. The molecule has 2 aliphatic carbocycles. The molecule has 1 atom stereocenters. The number of carbonyl (C=O) groups is 3. The minimum absolute atomic E-state index is 0.141. The molecule has 2 aromatic carbocycles. The maximum absolute atomic E-state index is 13.6. The fourth-order valence-corrected chi connectivity index (χ4v) is 4.46. The fraction of sp³-hybridized carbons (Fsp3) is 0.400. The minimum Gasteiger partial charge on any atom is -0.480 e. The van der Waals surface area contributed by atoms with Gasteiger partial charge in [0.15, 0.2) is 0 Å². The number of nitrogens with zero attached hydrogens (tertiary/aromatic N) is 1. The topological polar surface area (TPSA) is 95.9 Å². The number of alkyl halides is 3. The van der Waals surface area contributed by atoms with Gasteiger partial charge in [0, 0.05) is 18.4 Å². The molecule has 0 radical (unpaired) electrons. The number of ether oxygens (including phenoxy) is 1. The van der Waals surface area contributed by atoms with Crippen LogP contribution >= 0.6 is 0 Å². The molecule has 10 heteroatoms. The van der Waals surface area contributed by atoms with Gasteiger partial charge < -0.3 is 20.1 Å². The number of hydrogen-bond acceptors (Lipinski definition) is 4. The molecular formula is C25H25F3N2O5. The van der Waals surface area contributed by atoms with Gasteiger partial charge >= 0.3 is 18.2 Å². The van der Waals surface area contributed by atoms with Crippen LogP contribution in [-0.4, -0.2) is 59.4 Å². The van der Waals surface area contributed by atoms with Crippen molar-refractivity contribution in [1.82, 2.24) is 10.2 Å². The molecule has 0 unspecified atom stereocenters. The van der Waals surface area contributed by atoms with Crippen molar-refractivity contribution in [3.05, 3.63) is 59.7 Å². The molecule has 2 aromatic rings. The van der Waals surface area contributed by atoms with Crippen LogP contribution in [0, 0.1) is 0 Å². The SMILES string of the molecule is O=C(O)CN(C(=O)CC[C@H](NC(=O)OCC1c2ccccc2-c2ccccc21)C(F)(F)F)C1CC1. The first-order chi connectivity index (χ1) is 16.6. The Kier molecular flexibility index (Phi) is 7.00. The number of hydrogen-bond donors (Lipinski definition) is 2. The number of rotatable bonds is 9. The first-order valence-electron chi connectivity index (χ1n) is 11.3. The molecule has 2 amide bonds. The van der Waals surface area contributed by atoms with E-state index >= 15 is 0 Å². The highest BCUT2D eigenvalue weighted by Gasteiger charge is 2.42. The zero-order valence-corrected chi connectivity index (χ0v) is 18.8. The Hall–Kier alpha value is -3.56. The summed E-state index contributed by atoms with van der Waals surface area (Å²) in [6.45, 7) is -0.697. The van der Waals surface area contributed by atoms with E-state index in [1.54, 1.807) is 0 Å². The summed E-state index contributed by atoms with van der Waals surface area (Å²) in [5.41, 5.74) is 3.84. The number of carboxylic acids is 1. The number of amides is 2. The standard InChI is InChI=1S/C25H25F3N2O5/c26-25(27,28)21(11-12-22(31)30(13-23(32)33)15-9-10-15)29-24(34)35-14-20-18-7-3-1-5-16(18)17-6-2-4-8-19(17)20/h1-8,15,20-21H,9-14H2,(H,29,34)(H,32,33)/t21-/m0/s1. The third-order valence-corrected chi connectivity index (χ3v) is 6.29. The molecule has 7 nitrogen and oxygen atoms in total. The van der Waals surface area contributed by atoms with Gasteiger partial charge in [0.2, 0.25) is 5.91 Å². The van der Waals surface area contributed by atoms with E-state index in [0.29, 0.717) is 12.8 Å². The summed E-state index contributed by atoms with van der Waals surface area (Å²) in [4.78, 5) is 36.7. The highest BCUT2D eigenvalue weighted by molar-refractivity contribution is 5.82. The quantitative estimate of drug-likeness (QED) is 0.546. The van der Waals surface area contributed by atoms with Crippen LogP contribution in [0.3, 0.4) is 0 Å². The van der Waals surface area contributed by atoms with Crippen molar-refractivity contribution >= 4 is 18.0 Å². The lowest BCUT2D eigenvalue weighted by Crippen LogP contribution is -2.47. The second-order valence-electron chi connectivity index (χ2n) is 8.75. The van der Waals surface area contributed by atoms with E-state index in [4.69, 9.17) is 9.84 Å². The monoisotopic (exact) mass is 490 g/mol. The second kappa shape index (κ2) is 9.97. The predicted octanol–water partition coefficient (Wildman–Crippen LogP) is 4.31. The van der Waals surface area contributed by atoms with Crippen molar-refractivity contribution < 1.29 is 37.4 Å². The third kappa shape index (κ3) is 5.75. The minimum atomic E-state index is -4.80. The van der Waals surface area contributed by atoms with Gasteiger partial charge in [0.25, 0.3) is 0 Å². The average molecular weight is 490 g/mol.